The van der Waals surface area contributed by atoms with Crippen LogP contribution in [-0.2, 0) is 14.0 Å². The van der Waals surface area contributed by atoms with Crippen molar-refractivity contribution in [1.82, 2.24) is 0 Å². The monoisotopic (exact) mass is 358 g/mol. The Balaban J connectivity index is 2.57. The lowest BCUT2D eigenvalue weighted by Gasteiger charge is -2.32. The van der Waals surface area contributed by atoms with Gasteiger partial charge >= 0.3 is 13.1 Å². The van der Waals surface area contributed by atoms with Gasteiger partial charge in [-0.2, -0.15) is 0 Å². The molecule has 1 fully saturated rings. The van der Waals surface area contributed by atoms with E-state index in [1.54, 1.807) is 48.5 Å². The quantitative estimate of drug-likeness (QED) is 0.462. The Labute approximate surface area is 145 Å². The molecule has 1 saturated heterocycles. The zero-order valence-electron chi connectivity index (χ0n) is 15.4. The molecule has 138 valence electrons. The van der Waals surface area contributed by atoms with E-state index in [9.17, 15) is 18.0 Å². The molecule has 0 radical (unpaired) electrons. The normalized spacial score (nSPS) is 19.2. The zero-order chi connectivity index (χ0) is 19.4. The molecule has 1 aromatic carbocycles. The third-order valence-corrected chi connectivity index (χ3v) is 4.30. The Bertz CT molecular complexity index is 695. The molecule has 0 aliphatic carbocycles. The molecule has 0 atom stereocenters. The van der Waals surface area contributed by atoms with Crippen LogP contribution in [0.1, 0.15) is 58.8 Å². The van der Waals surface area contributed by atoms with Gasteiger partial charge in [0.25, 0.3) is 0 Å². The second kappa shape index (κ2) is 6.02. The first-order chi connectivity index (χ1) is 11.2. The highest BCUT2D eigenvalue weighted by Gasteiger charge is 2.53. The van der Waals surface area contributed by atoms with Crippen LogP contribution in [0, 0.1) is 17.5 Å². The summed E-state index contributed by atoms with van der Waals surface area (Å²) in [5.41, 5.74) is -3.52. The third-order valence-electron chi connectivity index (χ3n) is 4.30. The lowest BCUT2D eigenvalue weighted by Crippen LogP contribution is -2.41. The van der Waals surface area contributed by atoms with Crippen LogP contribution in [0.4, 0.5) is 13.2 Å². The van der Waals surface area contributed by atoms with E-state index in [2.05, 4.69) is 0 Å². The summed E-state index contributed by atoms with van der Waals surface area (Å²) in [5.74, 6) is -5.93. The molecule has 2 rings (SSSR count). The van der Waals surface area contributed by atoms with Gasteiger partial charge in [0, 0.05) is 5.46 Å². The summed E-state index contributed by atoms with van der Waals surface area (Å²) in [5, 5.41) is 0. The predicted octanol–water partition coefficient (Wildman–Crippen LogP) is 3.36. The highest BCUT2D eigenvalue weighted by Crippen LogP contribution is 2.37. The number of benzene rings is 1. The number of ether oxygens (including phenoxy) is 1. The van der Waals surface area contributed by atoms with Crippen LogP contribution in [-0.4, -0.2) is 29.9 Å². The maximum atomic E-state index is 14.4. The number of esters is 1. The molecule has 25 heavy (non-hydrogen) atoms. The third kappa shape index (κ3) is 3.69. The second-order valence-corrected chi connectivity index (χ2v) is 8.04. The van der Waals surface area contributed by atoms with Crippen molar-refractivity contribution in [3.63, 3.8) is 0 Å². The minimum absolute atomic E-state index is 0.246. The van der Waals surface area contributed by atoms with Gasteiger partial charge < -0.3 is 14.0 Å². The molecule has 0 bridgehead atoms. The van der Waals surface area contributed by atoms with Crippen molar-refractivity contribution < 1.29 is 32.0 Å². The molecule has 0 unspecified atom stereocenters. The van der Waals surface area contributed by atoms with Gasteiger partial charge in [-0.15, -0.1) is 0 Å². The first kappa shape index (κ1) is 19.8. The first-order valence-corrected chi connectivity index (χ1v) is 7.92. The maximum absolute atomic E-state index is 14.4. The van der Waals surface area contributed by atoms with E-state index in [1.807, 2.05) is 0 Å². The van der Waals surface area contributed by atoms with Gasteiger partial charge in [-0.05, 0) is 54.5 Å². The predicted molar refractivity (Wildman–Crippen MR) is 87.2 cm³/mol. The molecular formula is C17H22BF3O4. The lowest BCUT2D eigenvalue weighted by atomic mass is 9.75. The van der Waals surface area contributed by atoms with E-state index in [1.165, 1.54) is 0 Å². The van der Waals surface area contributed by atoms with Crippen LogP contribution in [0.15, 0.2) is 6.07 Å². The molecule has 4 nitrogen and oxygen atoms in total. The van der Waals surface area contributed by atoms with E-state index in [0.29, 0.717) is 6.07 Å². The van der Waals surface area contributed by atoms with E-state index >= 15 is 0 Å². The fourth-order valence-corrected chi connectivity index (χ4v) is 2.31. The summed E-state index contributed by atoms with van der Waals surface area (Å²) in [6, 6.07) is 0.708. The van der Waals surface area contributed by atoms with Crippen molar-refractivity contribution >= 4 is 18.6 Å². The van der Waals surface area contributed by atoms with Gasteiger partial charge in [0.05, 0.1) is 16.8 Å². The van der Waals surface area contributed by atoms with E-state index < -0.39 is 52.9 Å². The summed E-state index contributed by atoms with van der Waals surface area (Å²) in [6.45, 7) is 11.7. The van der Waals surface area contributed by atoms with Crippen LogP contribution in [0.3, 0.4) is 0 Å². The molecule has 8 heteroatoms. The van der Waals surface area contributed by atoms with Crippen LogP contribution < -0.4 is 5.46 Å². The number of hydrogen-bond donors (Lipinski definition) is 0. The number of carbonyl (C=O) groups excluding carboxylic acids is 1. The summed E-state index contributed by atoms with van der Waals surface area (Å²) < 4.78 is 58.5. The van der Waals surface area contributed by atoms with Gasteiger partial charge in [-0.1, -0.05) is 0 Å². The minimum atomic E-state index is -1.75. The lowest BCUT2D eigenvalue weighted by molar-refractivity contribution is 0.00578. The highest BCUT2D eigenvalue weighted by atomic mass is 19.2. The van der Waals surface area contributed by atoms with Gasteiger partial charge in [0.2, 0.25) is 0 Å². The van der Waals surface area contributed by atoms with Crippen LogP contribution >= 0.6 is 0 Å². The first-order valence-electron chi connectivity index (χ1n) is 7.92. The molecule has 0 spiro atoms. The van der Waals surface area contributed by atoms with Crippen molar-refractivity contribution in [1.29, 1.82) is 0 Å². The van der Waals surface area contributed by atoms with E-state index in [-0.39, 0.29) is 5.46 Å². The number of rotatable bonds is 2. The van der Waals surface area contributed by atoms with Gasteiger partial charge in [0.1, 0.15) is 5.60 Å². The fourth-order valence-electron chi connectivity index (χ4n) is 2.31. The molecular weight excluding hydrogens is 336 g/mol. The molecule has 1 aliphatic rings. The molecule has 0 N–H and O–H groups in total. The maximum Gasteiger partial charge on any atom is 0.495 e. The smallest absolute Gasteiger partial charge is 0.456 e. The summed E-state index contributed by atoms with van der Waals surface area (Å²) >= 11 is 0. The number of carbonyl (C=O) groups is 1. The molecule has 0 aromatic heterocycles. The molecule has 0 saturated carbocycles. The Kier molecular flexibility index (Phi) is 4.76. The molecule has 1 aliphatic heterocycles. The van der Waals surface area contributed by atoms with Crippen molar-refractivity contribution in [2.24, 2.45) is 0 Å². The summed E-state index contributed by atoms with van der Waals surface area (Å²) in [7, 11) is -1.24. The van der Waals surface area contributed by atoms with Gasteiger partial charge in [0.15, 0.2) is 17.5 Å². The van der Waals surface area contributed by atoms with Crippen LogP contribution in [0.25, 0.3) is 0 Å². The minimum Gasteiger partial charge on any atom is -0.456 e. The SMILES string of the molecule is CC(C)(C)OC(=O)c1c(B2OC(C)(C)C(C)(C)O2)cc(F)c(F)c1F. The summed E-state index contributed by atoms with van der Waals surface area (Å²) in [6.07, 6.45) is 0. The topological polar surface area (TPSA) is 44.8 Å². The van der Waals surface area contributed by atoms with E-state index in [4.69, 9.17) is 14.0 Å². The molecule has 0 amide bonds. The zero-order valence-corrected chi connectivity index (χ0v) is 15.4. The van der Waals surface area contributed by atoms with Crippen molar-refractivity contribution in [3.8, 4) is 0 Å². The van der Waals surface area contributed by atoms with Crippen LogP contribution in [0.2, 0.25) is 0 Å². The number of hydrogen-bond acceptors (Lipinski definition) is 4. The van der Waals surface area contributed by atoms with Gasteiger partial charge in [-0.3, -0.25) is 0 Å². The Hall–Kier alpha value is -1.54. The van der Waals surface area contributed by atoms with Crippen molar-refractivity contribution in [2.75, 3.05) is 0 Å². The fraction of sp³-hybridized carbons (Fsp3) is 0.588. The average Bonchev–Trinajstić information content (AvgIpc) is 2.62. The second-order valence-electron chi connectivity index (χ2n) is 8.04. The summed E-state index contributed by atoms with van der Waals surface area (Å²) in [4.78, 5) is 12.4. The Morgan fingerprint density at radius 2 is 1.52 bits per heavy atom. The largest absolute Gasteiger partial charge is 0.495 e. The van der Waals surface area contributed by atoms with Crippen molar-refractivity contribution in [3.05, 3.63) is 29.1 Å². The van der Waals surface area contributed by atoms with E-state index in [0.717, 1.165) is 0 Å². The Morgan fingerprint density at radius 3 is 1.96 bits per heavy atom. The average molecular weight is 358 g/mol. The standard InChI is InChI=1S/C17H22BF3O4/c1-15(2,3)23-14(22)11-9(8-10(19)12(20)13(11)21)18-24-16(4,5)17(6,7)25-18/h8H,1-7H3. The molecule has 1 aromatic rings. The van der Waals surface area contributed by atoms with Crippen molar-refractivity contribution in [2.45, 2.75) is 65.3 Å². The van der Waals surface area contributed by atoms with Gasteiger partial charge in [-0.25, -0.2) is 18.0 Å². The highest BCUT2D eigenvalue weighted by molar-refractivity contribution is 6.63. The Morgan fingerprint density at radius 1 is 1.04 bits per heavy atom. The molecule has 1 heterocycles. The van der Waals surface area contributed by atoms with Crippen LogP contribution in [0.5, 0.6) is 0 Å². The number of halogens is 3.